The fraction of sp³-hybridized carbons (Fsp3) is 0.174. The largest absolute Gasteiger partial charge is 0.353 e. The van der Waals surface area contributed by atoms with E-state index < -0.39 is 0 Å². The molecule has 3 nitrogen and oxygen atoms in total. The standard InChI is InChI=1S/C23H22Cl2N2O/c1-14-8-6-9-15(2)21(14)27-23(28)16(3)17-10-4-5-13-20(17)26-22-18(24)11-7-12-19(22)25/h4-13,16,26H,1-3H3,(H,27,28). The van der Waals surface area contributed by atoms with Crippen LogP contribution < -0.4 is 10.6 Å². The summed E-state index contributed by atoms with van der Waals surface area (Å²) in [6.45, 7) is 5.86. The van der Waals surface area contributed by atoms with Crippen molar-refractivity contribution in [1.82, 2.24) is 0 Å². The number of benzene rings is 3. The highest BCUT2D eigenvalue weighted by molar-refractivity contribution is 6.39. The molecule has 0 saturated heterocycles. The Balaban J connectivity index is 1.88. The molecule has 1 unspecified atom stereocenters. The zero-order valence-electron chi connectivity index (χ0n) is 16.0. The van der Waals surface area contributed by atoms with Gasteiger partial charge in [0.25, 0.3) is 0 Å². The first kappa shape index (κ1) is 20.2. The van der Waals surface area contributed by atoms with Crippen LogP contribution >= 0.6 is 23.2 Å². The molecular formula is C23H22Cl2N2O. The summed E-state index contributed by atoms with van der Waals surface area (Å²) in [5.74, 6) is -0.444. The van der Waals surface area contributed by atoms with Crippen molar-refractivity contribution in [2.24, 2.45) is 0 Å². The number of carbonyl (C=O) groups is 1. The number of anilines is 3. The molecule has 0 aliphatic carbocycles. The van der Waals surface area contributed by atoms with Crippen LogP contribution in [0, 0.1) is 13.8 Å². The molecule has 0 fully saturated rings. The van der Waals surface area contributed by atoms with E-state index in [1.165, 1.54) is 0 Å². The summed E-state index contributed by atoms with van der Waals surface area (Å²) in [6.07, 6.45) is 0. The molecule has 3 rings (SSSR count). The second-order valence-electron chi connectivity index (χ2n) is 6.79. The Bertz CT molecular complexity index is 977. The van der Waals surface area contributed by atoms with E-state index in [9.17, 15) is 4.79 Å². The molecule has 0 spiro atoms. The van der Waals surface area contributed by atoms with Crippen molar-refractivity contribution in [2.45, 2.75) is 26.7 Å². The van der Waals surface area contributed by atoms with Crippen LogP contribution in [0.5, 0.6) is 0 Å². The third kappa shape index (κ3) is 4.32. The minimum atomic E-state index is -0.371. The van der Waals surface area contributed by atoms with Gasteiger partial charge in [0.2, 0.25) is 5.91 Å². The predicted octanol–water partition coefficient (Wildman–Crippen LogP) is 7.10. The molecule has 28 heavy (non-hydrogen) atoms. The molecule has 0 saturated carbocycles. The van der Waals surface area contributed by atoms with E-state index in [2.05, 4.69) is 10.6 Å². The summed E-state index contributed by atoms with van der Waals surface area (Å²) >= 11 is 12.6. The fourth-order valence-corrected chi connectivity index (χ4v) is 3.62. The van der Waals surface area contributed by atoms with Crippen molar-refractivity contribution < 1.29 is 4.79 Å². The van der Waals surface area contributed by atoms with E-state index in [-0.39, 0.29) is 11.8 Å². The highest BCUT2D eigenvalue weighted by atomic mass is 35.5. The molecule has 0 bridgehead atoms. The van der Waals surface area contributed by atoms with E-state index in [1.54, 1.807) is 18.2 Å². The predicted molar refractivity (Wildman–Crippen MR) is 119 cm³/mol. The second kappa shape index (κ2) is 8.68. The van der Waals surface area contributed by atoms with Crippen LogP contribution in [0.4, 0.5) is 17.1 Å². The Hall–Kier alpha value is -2.49. The van der Waals surface area contributed by atoms with Gasteiger partial charge in [0.1, 0.15) is 0 Å². The zero-order chi connectivity index (χ0) is 20.3. The van der Waals surface area contributed by atoms with Gasteiger partial charge in [-0.05, 0) is 55.7 Å². The molecule has 0 heterocycles. The average Bonchev–Trinajstić information content (AvgIpc) is 2.67. The Labute approximate surface area is 175 Å². The fourth-order valence-electron chi connectivity index (χ4n) is 3.12. The van der Waals surface area contributed by atoms with Gasteiger partial charge >= 0.3 is 0 Å². The second-order valence-corrected chi connectivity index (χ2v) is 7.60. The summed E-state index contributed by atoms with van der Waals surface area (Å²) in [6, 6.07) is 19.0. The molecular weight excluding hydrogens is 391 g/mol. The molecule has 5 heteroatoms. The Kier molecular flexibility index (Phi) is 6.28. The quantitative estimate of drug-likeness (QED) is 0.469. The van der Waals surface area contributed by atoms with Crippen LogP contribution in [0.3, 0.4) is 0 Å². The summed E-state index contributed by atoms with van der Waals surface area (Å²) in [4.78, 5) is 13.0. The number of amides is 1. The van der Waals surface area contributed by atoms with Gasteiger partial charge in [-0.2, -0.15) is 0 Å². The lowest BCUT2D eigenvalue weighted by molar-refractivity contribution is -0.117. The van der Waals surface area contributed by atoms with Crippen molar-refractivity contribution in [1.29, 1.82) is 0 Å². The third-order valence-corrected chi connectivity index (χ3v) is 5.40. The molecule has 144 valence electrons. The first-order valence-corrected chi connectivity index (χ1v) is 9.81. The van der Waals surface area contributed by atoms with Crippen molar-refractivity contribution in [3.8, 4) is 0 Å². The number of para-hydroxylation sites is 3. The molecule has 0 aliphatic rings. The van der Waals surface area contributed by atoms with E-state index in [4.69, 9.17) is 23.2 Å². The Morgan fingerprint density at radius 2 is 1.39 bits per heavy atom. The minimum absolute atomic E-state index is 0.0723. The van der Waals surface area contributed by atoms with Crippen molar-refractivity contribution in [2.75, 3.05) is 10.6 Å². The van der Waals surface area contributed by atoms with Gasteiger partial charge in [-0.15, -0.1) is 0 Å². The molecule has 1 amide bonds. The van der Waals surface area contributed by atoms with Gasteiger partial charge in [0.15, 0.2) is 0 Å². The Morgan fingerprint density at radius 3 is 2.04 bits per heavy atom. The summed E-state index contributed by atoms with van der Waals surface area (Å²) < 4.78 is 0. The molecule has 3 aromatic carbocycles. The maximum atomic E-state index is 13.0. The van der Waals surface area contributed by atoms with Crippen LogP contribution in [0.1, 0.15) is 29.5 Å². The molecule has 0 radical (unpaired) electrons. The highest BCUT2D eigenvalue weighted by Gasteiger charge is 2.20. The number of aryl methyl sites for hydroxylation is 2. The lowest BCUT2D eigenvalue weighted by Gasteiger charge is -2.20. The number of rotatable bonds is 5. The summed E-state index contributed by atoms with van der Waals surface area (Å²) in [5, 5.41) is 7.41. The van der Waals surface area contributed by atoms with Gasteiger partial charge in [-0.3, -0.25) is 4.79 Å². The van der Waals surface area contributed by atoms with Crippen LogP contribution in [0.25, 0.3) is 0 Å². The highest BCUT2D eigenvalue weighted by Crippen LogP contribution is 2.35. The van der Waals surface area contributed by atoms with E-state index in [0.717, 1.165) is 28.1 Å². The average molecular weight is 413 g/mol. The van der Waals surface area contributed by atoms with Gasteiger partial charge in [0, 0.05) is 11.4 Å². The zero-order valence-corrected chi connectivity index (χ0v) is 17.5. The van der Waals surface area contributed by atoms with Crippen LogP contribution in [0.2, 0.25) is 10.0 Å². The van der Waals surface area contributed by atoms with Gasteiger partial charge in [-0.25, -0.2) is 0 Å². The maximum absolute atomic E-state index is 13.0. The summed E-state index contributed by atoms with van der Waals surface area (Å²) in [5.41, 5.74) is 5.22. The molecule has 0 aliphatic heterocycles. The first-order valence-electron chi connectivity index (χ1n) is 9.05. The Morgan fingerprint density at radius 1 is 0.821 bits per heavy atom. The van der Waals surface area contributed by atoms with Crippen LogP contribution in [0.15, 0.2) is 60.7 Å². The first-order chi connectivity index (χ1) is 13.4. The molecule has 0 aromatic heterocycles. The smallest absolute Gasteiger partial charge is 0.231 e. The van der Waals surface area contributed by atoms with Crippen LogP contribution in [-0.2, 0) is 4.79 Å². The topological polar surface area (TPSA) is 41.1 Å². The lowest BCUT2D eigenvalue weighted by atomic mass is 9.97. The molecule has 1 atom stereocenters. The normalized spacial score (nSPS) is 11.8. The van der Waals surface area contributed by atoms with E-state index in [1.807, 2.05) is 63.2 Å². The summed E-state index contributed by atoms with van der Waals surface area (Å²) in [7, 11) is 0. The molecule has 2 N–H and O–H groups in total. The number of halogens is 2. The number of hydrogen-bond acceptors (Lipinski definition) is 2. The van der Waals surface area contributed by atoms with E-state index >= 15 is 0 Å². The van der Waals surface area contributed by atoms with Crippen molar-refractivity contribution >= 4 is 46.2 Å². The number of nitrogens with one attached hydrogen (secondary N) is 2. The van der Waals surface area contributed by atoms with Gasteiger partial charge < -0.3 is 10.6 Å². The minimum Gasteiger partial charge on any atom is -0.353 e. The SMILES string of the molecule is Cc1cccc(C)c1NC(=O)C(C)c1ccccc1Nc1c(Cl)cccc1Cl. The van der Waals surface area contributed by atoms with Crippen LogP contribution in [-0.4, -0.2) is 5.91 Å². The van der Waals surface area contributed by atoms with E-state index in [0.29, 0.717) is 15.7 Å². The number of carbonyl (C=O) groups excluding carboxylic acids is 1. The third-order valence-electron chi connectivity index (χ3n) is 4.77. The van der Waals surface area contributed by atoms with Crippen molar-refractivity contribution in [3.63, 3.8) is 0 Å². The monoisotopic (exact) mass is 412 g/mol. The van der Waals surface area contributed by atoms with Gasteiger partial charge in [0.05, 0.1) is 21.7 Å². The van der Waals surface area contributed by atoms with Gasteiger partial charge in [-0.1, -0.05) is 65.7 Å². The number of hydrogen-bond donors (Lipinski definition) is 2. The van der Waals surface area contributed by atoms with Crippen molar-refractivity contribution in [3.05, 3.63) is 87.4 Å². The maximum Gasteiger partial charge on any atom is 0.231 e. The molecule has 3 aromatic rings. The lowest BCUT2D eigenvalue weighted by Crippen LogP contribution is -2.20.